The lowest BCUT2D eigenvalue weighted by molar-refractivity contribution is 0.0875. The van der Waals surface area contributed by atoms with Gasteiger partial charge >= 0.3 is 0 Å². The van der Waals surface area contributed by atoms with Crippen LogP contribution in [-0.2, 0) is 19.5 Å². The van der Waals surface area contributed by atoms with Gasteiger partial charge in [-0.2, -0.15) is 10.6 Å². The summed E-state index contributed by atoms with van der Waals surface area (Å²) >= 11 is 0. The van der Waals surface area contributed by atoms with Crippen LogP contribution < -0.4 is 0 Å². The Morgan fingerprint density at radius 3 is 2.50 bits per heavy atom. The number of ether oxygens (including phenoxy) is 1. The van der Waals surface area contributed by atoms with E-state index in [9.17, 15) is 4.21 Å². The summed E-state index contributed by atoms with van der Waals surface area (Å²) in [4.78, 5) is 0. The average Bonchev–Trinajstić information content (AvgIpc) is 2.06. The van der Waals surface area contributed by atoms with Crippen molar-refractivity contribution < 1.29 is 8.95 Å². The van der Waals surface area contributed by atoms with Gasteiger partial charge in [0.05, 0.1) is 0 Å². The molecule has 0 amide bonds. The average molecular weight is 190 g/mol. The minimum atomic E-state index is -1.000. The monoisotopic (exact) mass is 190 g/mol. The second-order valence-electron chi connectivity index (χ2n) is 3.27. The largest absolute Gasteiger partial charge is 0.444 e. The van der Waals surface area contributed by atoms with Crippen LogP contribution in [0.2, 0.25) is 0 Å². The Morgan fingerprint density at radius 2 is 2.00 bits per heavy atom. The molecule has 1 rings (SSSR count). The molecule has 1 aliphatic heterocycles. The molecule has 0 aromatic heterocycles. The lowest BCUT2D eigenvalue weighted by atomic mass is 10.1. The molecule has 0 atom stereocenters. The van der Waals surface area contributed by atoms with Gasteiger partial charge in [0.1, 0.15) is 0 Å². The molecule has 0 spiro atoms. The van der Waals surface area contributed by atoms with Crippen LogP contribution >= 0.6 is 0 Å². The van der Waals surface area contributed by atoms with Crippen LogP contribution in [-0.4, -0.2) is 24.5 Å². The van der Waals surface area contributed by atoms with Crippen molar-refractivity contribution in [1.29, 1.82) is 0 Å². The Hall–Kier alpha value is -0.0900. The van der Waals surface area contributed by atoms with Gasteiger partial charge in [0, 0.05) is 19.3 Å². The van der Waals surface area contributed by atoms with Crippen molar-refractivity contribution >= 4 is 10.6 Å². The molecule has 72 valence electrons. The van der Waals surface area contributed by atoms with E-state index >= 15 is 0 Å². The fourth-order valence-corrected chi connectivity index (χ4v) is 1.81. The van der Waals surface area contributed by atoms with Crippen molar-refractivity contribution in [3.63, 3.8) is 0 Å². The molecular weight excluding hydrogens is 174 g/mol. The first kappa shape index (κ1) is 9.99. The summed E-state index contributed by atoms with van der Waals surface area (Å²) in [6.07, 6.45) is 1.86. The molecule has 1 fully saturated rings. The molecule has 0 aliphatic carbocycles. The lowest BCUT2D eigenvalue weighted by Crippen LogP contribution is -2.19. The first-order valence-electron chi connectivity index (χ1n) is 4.39. The molecule has 0 saturated carbocycles. The van der Waals surface area contributed by atoms with Crippen LogP contribution in [0.1, 0.15) is 26.7 Å². The van der Waals surface area contributed by atoms with Crippen molar-refractivity contribution in [1.82, 2.24) is 0 Å². The van der Waals surface area contributed by atoms with Gasteiger partial charge in [0.15, 0.2) is 0 Å². The lowest BCUT2D eigenvalue weighted by Gasteiger charge is -2.22. The summed E-state index contributed by atoms with van der Waals surface area (Å²) in [5.74, 6) is 0. The van der Waals surface area contributed by atoms with Crippen LogP contribution in [0.15, 0.2) is 4.36 Å². The summed E-state index contributed by atoms with van der Waals surface area (Å²) in [5.41, 5.74) is 0. The maximum atomic E-state index is 11.3. The normalized spacial score (nSPS) is 23.2. The second-order valence-corrected chi connectivity index (χ2v) is 4.98. The van der Waals surface area contributed by atoms with Gasteiger partial charge in [-0.25, -0.2) is 0 Å². The third kappa shape index (κ3) is 3.11. The van der Waals surface area contributed by atoms with E-state index in [0.29, 0.717) is 0 Å². The number of hydrogen-bond donors (Lipinski definition) is 0. The van der Waals surface area contributed by atoms with E-state index < -0.39 is 10.6 Å². The Morgan fingerprint density at radius 1 is 1.42 bits per heavy atom. The molecule has 0 aromatic carbocycles. The van der Waals surface area contributed by atoms with E-state index in [1.165, 1.54) is 0 Å². The molecular formula is C8H16NO2S-. The Kier molecular flexibility index (Phi) is 4.01. The summed E-state index contributed by atoms with van der Waals surface area (Å²) < 4.78 is 20.7. The van der Waals surface area contributed by atoms with E-state index in [2.05, 4.69) is 4.36 Å². The predicted octanol–water partition coefficient (Wildman–Crippen LogP) is 1.72. The van der Waals surface area contributed by atoms with Gasteiger partial charge in [-0.05, 0) is 12.8 Å². The molecule has 0 aromatic rings. The molecule has 0 bridgehead atoms. The van der Waals surface area contributed by atoms with Gasteiger partial charge in [-0.1, -0.05) is 19.1 Å². The molecule has 4 heteroatoms. The number of nitrogens with zero attached hydrogens (tertiary/aromatic N) is 1. The van der Waals surface area contributed by atoms with Gasteiger partial charge < -0.3 is 13.3 Å². The zero-order valence-electron chi connectivity index (χ0n) is 7.66. The molecule has 0 radical (unpaired) electrons. The first-order chi connectivity index (χ1) is 5.70. The fraction of sp³-hybridized carbons (Fsp3) is 1.00. The minimum Gasteiger partial charge on any atom is -0.444 e. The standard InChI is InChI=1S/C8H16NO2S/c1-7(2)12(10)9-8-3-5-11-6-4-8/h7-8H,3-6H2,1-2H3/q-1. The van der Waals surface area contributed by atoms with E-state index in [0.717, 1.165) is 26.1 Å². The van der Waals surface area contributed by atoms with Gasteiger partial charge in [0.25, 0.3) is 0 Å². The Balaban J connectivity index is 2.47. The van der Waals surface area contributed by atoms with Crippen molar-refractivity contribution in [2.75, 3.05) is 13.2 Å². The van der Waals surface area contributed by atoms with Crippen LogP contribution in [0.25, 0.3) is 0 Å². The summed E-state index contributed by atoms with van der Waals surface area (Å²) in [7, 11) is -1.000. The smallest absolute Gasteiger partial charge is 0.0485 e. The van der Waals surface area contributed by atoms with E-state index in [1.54, 1.807) is 0 Å². The summed E-state index contributed by atoms with van der Waals surface area (Å²) in [6.45, 7) is 5.39. The molecule has 0 unspecified atom stereocenters. The summed E-state index contributed by atoms with van der Waals surface area (Å²) in [5, 5.41) is 0.146. The number of hydrogen-bond acceptors (Lipinski definition) is 4. The van der Waals surface area contributed by atoms with Gasteiger partial charge in [0.2, 0.25) is 0 Å². The summed E-state index contributed by atoms with van der Waals surface area (Å²) in [6, 6.07) is 0.266. The van der Waals surface area contributed by atoms with E-state index in [4.69, 9.17) is 4.74 Å². The Bertz CT molecular complexity index is 203. The topological polar surface area (TPSA) is 38.7 Å². The van der Waals surface area contributed by atoms with Crippen LogP contribution in [0.5, 0.6) is 0 Å². The van der Waals surface area contributed by atoms with Gasteiger partial charge in [-0.3, -0.25) is 0 Å². The molecule has 12 heavy (non-hydrogen) atoms. The highest BCUT2D eigenvalue weighted by atomic mass is 32.2. The van der Waals surface area contributed by atoms with E-state index in [1.807, 2.05) is 13.8 Å². The highest BCUT2D eigenvalue weighted by Gasteiger charge is 2.09. The molecule has 1 saturated heterocycles. The van der Waals surface area contributed by atoms with Crippen molar-refractivity contribution in [2.45, 2.75) is 38.0 Å². The molecule has 3 nitrogen and oxygen atoms in total. The van der Waals surface area contributed by atoms with Crippen molar-refractivity contribution in [3.8, 4) is 0 Å². The zero-order chi connectivity index (χ0) is 8.97. The Labute approximate surface area is 75.7 Å². The fourth-order valence-electron chi connectivity index (χ4n) is 1.06. The quantitative estimate of drug-likeness (QED) is 0.622. The van der Waals surface area contributed by atoms with Crippen molar-refractivity contribution in [3.05, 3.63) is 0 Å². The molecule has 1 heterocycles. The van der Waals surface area contributed by atoms with Gasteiger partial charge in [-0.15, -0.1) is 0 Å². The third-order valence-corrected chi connectivity index (χ3v) is 3.16. The maximum Gasteiger partial charge on any atom is 0.0485 e. The highest BCUT2D eigenvalue weighted by molar-refractivity contribution is 7.75. The van der Waals surface area contributed by atoms with Crippen LogP contribution in [0.3, 0.4) is 0 Å². The van der Waals surface area contributed by atoms with E-state index in [-0.39, 0.29) is 11.3 Å². The third-order valence-electron chi connectivity index (χ3n) is 1.85. The second kappa shape index (κ2) is 4.82. The molecule has 0 N–H and O–H groups in total. The van der Waals surface area contributed by atoms with Crippen molar-refractivity contribution in [2.24, 2.45) is 4.36 Å². The predicted molar refractivity (Wildman–Crippen MR) is 49.5 cm³/mol. The first-order valence-corrected chi connectivity index (χ1v) is 5.56. The highest BCUT2D eigenvalue weighted by Crippen LogP contribution is 2.11. The minimum absolute atomic E-state index is 0.146. The van der Waals surface area contributed by atoms with Crippen LogP contribution in [0.4, 0.5) is 0 Å². The SMILES string of the molecule is CC(C)[S-](=O)=NC1CCOCC1. The number of rotatable bonds is 2. The van der Waals surface area contributed by atoms with Crippen LogP contribution in [0, 0.1) is 0 Å². The molecule has 1 aliphatic rings. The zero-order valence-corrected chi connectivity index (χ0v) is 8.47. The maximum absolute atomic E-state index is 11.3.